The Morgan fingerprint density at radius 3 is 2.24 bits per heavy atom. The van der Waals surface area contributed by atoms with Crippen LogP contribution in [0.4, 0.5) is 0 Å². The Morgan fingerprint density at radius 2 is 1.76 bits per heavy atom. The zero-order chi connectivity index (χ0) is 12.8. The molecule has 1 aliphatic carbocycles. The van der Waals surface area contributed by atoms with Crippen LogP contribution in [0.1, 0.15) is 52.9 Å². The first-order valence-electron chi connectivity index (χ1n) is 7.44. The van der Waals surface area contributed by atoms with E-state index in [4.69, 9.17) is 5.73 Å². The zero-order valence-corrected chi connectivity index (χ0v) is 12.3. The molecule has 0 radical (unpaired) electrons. The molecule has 0 heterocycles. The maximum Gasteiger partial charge on any atom is 0.0243 e. The van der Waals surface area contributed by atoms with Gasteiger partial charge in [-0.15, -0.1) is 0 Å². The van der Waals surface area contributed by atoms with E-state index >= 15 is 0 Å². The molecule has 1 fully saturated rings. The summed E-state index contributed by atoms with van der Waals surface area (Å²) in [6, 6.07) is 0.612. The third-order valence-corrected chi connectivity index (χ3v) is 4.47. The van der Waals surface area contributed by atoms with Crippen molar-refractivity contribution in [2.24, 2.45) is 23.5 Å². The Hall–Kier alpha value is -0.0800. The molecule has 1 unspecified atom stereocenters. The van der Waals surface area contributed by atoms with Crippen molar-refractivity contribution in [1.82, 2.24) is 4.90 Å². The van der Waals surface area contributed by atoms with E-state index in [1.54, 1.807) is 0 Å². The van der Waals surface area contributed by atoms with Crippen LogP contribution in [-0.4, -0.2) is 31.1 Å². The fourth-order valence-electron chi connectivity index (χ4n) is 3.03. The molecule has 102 valence electrons. The highest BCUT2D eigenvalue weighted by atomic mass is 15.1. The number of nitrogens with zero attached hydrogens (tertiary/aromatic N) is 1. The number of hydrogen-bond acceptors (Lipinski definition) is 2. The van der Waals surface area contributed by atoms with E-state index < -0.39 is 0 Å². The summed E-state index contributed by atoms with van der Waals surface area (Å²) in [4.78, 5) is 2.51. The van der Waals surface area contributed by atoms with Crippen molar-refractivity contribution in [2.45, 2.75) is 58.9 Å². The minimum atomic E-state index is 0.612. The minimum Gasteiger partial charge on any atom is -0.329 e. The molecule has 0 bridgehead atoms. The van der Waals surface area contributed by atoms with E-state index in [2.05, 4.69) is 32.7 Å². The highest BCUT2D eigenvalue weighted by Gasteiger charge is 2.27. The van der Waals surface area contributed by atoms with Gasteiger partial charge in [-0.2, -0.15) is 0 Å². The van der Waals surface area contributed by atoms with Crippen LogP contribution in [0.3, 0.4) is 0 Å². The molecule has 1 aliphatic rings. The summed E-state index contributed by atoms with van der Waals surface area (Å²) in [5.41, 5.74) is 6.00. The average molecular weight is 240 g/mol. The quantitative estimate of drug-likeness (QED) is 0.773. The van der Waals surface area contributed by atoms with Crippen LogP contribution >= 0.6 is 0 Å². The van der Waals surface area contributed by atoms with Crippen molar-refractivity contribution in [3.05, 3.63) is 0 Å². The van der Waals surface area contributed by atoms with E-state index in [1.807, 2.05) is 0 Å². The third-order valence-electron chi connectivity index (χ3n) is 4.47. The molecule has 2 N–H and O–H groups in total. The lowest BCUT2D eigenvalue weighted by Crippen LogP contribution is -2.45. The Morgan fingerprint density at radius 1 is 1.18 bits per heavy atom. The monoisotopic (exact) mass is 240 g/mol. The second-order valence-corrected chi connectivity index (χ2v) is 6.49. The summed E-state index contributed by atoms with van der Waals surface area (Å²) in [5, 5.41) is 0. The number of hydrogen-bond donors (Lipinski definition) is 1. The van der Waals surface area contributed by atoms with Crippen LogP contribution in [-0.2, 0) is 0 Å². The van der Waals surface area contributed by atoms with Gasteiger partial charge in [0.25, 0.3) is 0 Å². The first-order valence-corrected chi connectivity index (χ1v) is 7.44. The summed E-state index contributed by atoms with van der Waals surface area (Å²) in [5.74, 6) is 2.57. The van der Waals surface area contributed by atoms with Gasteiger partial charge in [-0.05, 0) is 50.6 Å². The Kier molecular flexibility index (Phi) is 6.50. The van der Waals surface area contributed by atoms with E-state index in [-0.39, 0.29) is 0 Å². The molecule has 0 spiro atoms. The molecule has 0 aromatic rings. The van der Waals surface area contributed by atoms with Crippen LogP contribution < -0.4 is 5.73 Å². The predicted molar refractivity (Wildman–Crippen MR) is 76.0 cm³/mol. The largest absolute Gasteiger partial charge is 0.329 e. The first kappa shape index (κ1) is 15.0. The molecule has 2 heteroatoms. The minimum absolute atomic E-state index is 0.612. The van der Waals surface area contributed by atoms with Crippen molar-refractivity contribution in [3.63, 3.8) is 0 Å². The maximum atomic E-state index is 6.00. The highest BCUT2D eigenvalue weighted by molar-refractivity contribution is 4.82. The average Bonchev–Trinajstić information content (AvgIpc) is 2.30. The Labute approximate surface area is 108 Å². The molecule has 0 amide bonds. The second kappa shape index (κ2) is 7.38. The normalized spacial score (nSPS) is 27.7. The highest BCUT2D eigenvalue weighted by Crippen LogP contribution is 2.31. The van der Waals surface area contributed by atoms with Crippen molar-refractivity contribution in [2.75, 3.05) is 20.1 Å². The van der Waals surface area contributed by atoms with Crippen molar-refractivity contribution in [3.8, 4) is 0 Å². The molecule has 17 heavy (non-hydrogen) atoms. The maximum absolute atomic E-state index is 6.00. The van der Waals surface area contributed by atoms with Gasteiger partial charge in [0.1, 0.15) is 0 Å². The SMILES string of the molecule is CC(C)CCN(C)C(CN)C1CCC(C)CC1. The zero-order valence-electron chi connectivity index (χ0n) is 12.3. The second-order valence-electron chi connectivity index (χ2n) is 6.49. The van der Waals surface area contributed by atoms with Crippen molar-refractivity contribution in [1.29, 1.82) is 0 Å². The van der Waals surface area contributed by atoms with Crippen molar-refractivity contribution < 1.29 is 0 Å². The summed E-state index contributed by atoms with van der Waals surface area (Å²) in [6.45, 7) is 9.01. The van der Waals surface area contributed by atoms with Gasteiger partial charge < -0.3 is 10.6 Å². The third kappa shape index (κ3) is 4.97. The Balaban J connectivity index is 2.40. The van der Waals surface area contributed by atoms with Gasteiger partial charge >= 0.3 is 0 Å². The van der Waals surface area contributed by atoms with E-state index in [9.17, 15) is 0 Å². The number of nitrogens with two attached hydrogens (primary N) is 1. The van der Waals surface area contributed by atoms with E-state index in [0.29, 0.717) is 6.04 Å². The molecule has 0 aliphatic heterocycles. The smallest absolute Gasteiger partial charge is 0.0243 e. The standard InChI is InChI=1S/C15H32N2/c1-12(2)9-10-17(4)15(11-16)14-7-5-13(3)6-8-14/h12-15H,5-11,16H2,1-4H3. The lowest BCUT2D eigenvalue weighted by molar-refractivity contribution is 0.131. The van der Waals surface area contributed by atoms with E-state index in [0.717, 1.165) is 24.3 Å². The van der Waals surface area contributed by atoms with Crippen molar-refractivity contribution >= 4 is 0 Å². The fraction of sp³-hybridized carbons (Fsp3) is 1.00. The number of rotatable bonds is 6. The lowest BCUT2D eigenvalue weighted by Gasteiger charge is -2.37. The van der Waals surface area contributed by atoms with Gasteiger partial charge in [0.2, 0.25) is 0 Å². The molecule has 1 atom stereocenters. The molecular formula is C15H32N2. The molecule has 2 nitrogen and oxygen atoms in total. The molecular weight excluding hydrogens is 208 g/mol. The first-order chi connectivity index (χ1) is 8.04. The van der Waals surface area contributed by atoms with Crippen LogP contribution in [0.25, 0.3) is 0 Å². The van der Waals surface area contributed by atoms with E-state index in [1.165, 1.54) is 38.6 Å². The van der Waals surface area contributed by atoms with Crippen LogP contribution in [0.2, 0.25) is 0 Å². The van der Waals surface area contributed by atoms with Gasteiger partial charge in [-0.3, -0.25) is 0 Å². The summed E-state index contributed by atoms with van der Waals surface area (Å²) < 4.78 is 0. The van der Waals surface area contributed by atoms with Crippen LogP contribution in [0, 0.1) is 17.8 Å². The van der Waals surface area contributed by atoms with Crippen LogP contribution in [0.15, 0.2) is 0 Å². The Bertz CT molecular complexity index is 195. The van der Waals surface area contributed by atoms with Gasteiger partial charge in [0.05, 0.1) is 0 Å². The molecule has 1 saturated carbocycles. The number of likely N-dealkylation sites (N-methyl/N-ethyl adjacent to an activating group) is 1. The summed E-state index contributed by atoms with van der Waals surface area (Å²) in [7, 11) is 2.26. The molecule has 1 rings (SSSR count). The summed E-state index contributed by atoms with van der Waals surface area (Å²) >= 11 is 0. The van der Waals surface area contributed by atoms with Gasteiger partial charge in [0.15, 0.2) is 0 Å². The lowest BCUT2D eigenvalue weighted by atomic mass is 9.79. The van der Waals surface area contributed by atoms with Gasteiger partial charge in [0, 0.05) is 12.6 Å². The van der Waals surface area contributed by atoms with Gasteiger partial charge in [-0.1, -0.05) is 33.6 Å². The van der Waals surface area contributed by atoms with Gasteiger partial charge in [-0.25, -0.2) is 0 Å². The summed E-state index contributed by atoms with van der Waals surface area (Å²) in [6.07, 6.45) is 6.86. The van der Waals surface area contributed by atoms with Crippen LogP contribution in [0.5, 0.6) is 0 Å². The predicted octanol–water partition coefficient (Wildman–Crippen LogP) is 3.12. The molecule has 0 saturated heterocycles. The topological polar surface area (TPSA) is 29.3 Å². The molecule has 0 aromatic carbocycles. The molecule has 0 aromatic heterocycles. The fourth-order valence-corrected chi connectivity index (χ4v) is 3.03.